The van der Waals surface area contributed by atoms with E-state index in [0.717, 1.165) is 60.8 Å². The van der Waals surface area contributed by atoms with E-state index >= 15 is 0 Å². The number of esters is 1. The molecule has 8 rings (SSSR count). The number of carboxylic acid groups (broad SMARTS) is 1. The van der Waals surface area contributed by atoms with Crippen molar-refractivity contribution in [3.63, 3.8) is 0 Å². The molecule has 2 amide bonds. The third kappa shape index (κ3) is 7.46. The molecule has 68 heavy (non-hydrogen) atoms. The van der Waals surface area contributed by atoms with Crippen molar-refractivity contribution < 1.29 is 47.7 Å². The maximum atomic E-state index is 14.8. The van der Waals surface area contributed by atoms with E-state index in [1.807, 2.05) is 13.8 Å². The van der Waals surface area contributed by atoms with Crippen LogP contribution in [-0.2, 0) is 28.7 Å². The molecule has 10 atom stereocenters. The van der Waals surface area contributed by atoms with Crippen LogP contribution in [0.1, 0.15) is 158 Å². The first kappa shape index (κ1) is 49.5. The molecule has 6 aliphatic rings. The largest absolute Gasteiger partial charge is 0.481 e. The number of benzene rings is 1. The Labute approximate surface area is 400 Å². The Morgan fingerprint density at radius 1 is 0.882 bits per heavy atom. The van der Waals surface area contributed by atoms with Crippen LogP contribution >= 0.6 is 0 Å². The molecule has 1 aromatic carbocycles. The van der Waals surface area contributed by atoms with Gasteiger partial charge in [-0.25, -0.2) is 9.18 Å². The summed E-state index contributed by atoms with van der Waals surface area (Å²) in [6.45, 7) is 24.6. The number of aliphatic carboxylic acids is 1. The van der Waals surface area contributed by atoms with Crippen molar-refractivity contribution in [1.82, 2.24) is 20.4 Å². The quantitative estimate of drug-likeness (QED) is 0.194. The lowest BCUT2D eigenvalue weighted by molar-refractivity contribution is -0.235. The van der Waals surface area contributed by atoms with Crippen LogP contribution in [-0.4, -0.2) is 74.3 Å². The highest BCUT2D eigenvalue weighted by Crippen LogP contribution is 2.76. The van der Waals surface area contributed by atoms with Crippen molar-refractivity contribution in [2.24, 2.45) is 62.6 Å². The van der Waals surface area contributed by atoms with Crippen LogP contribution in [0.2, 0.25) is 0 Å². The summed E-state index contributed by atoms with van der Waals surface area (Å²) in [5.41, 5.74) is -1.31. The van der Waals surface area contributed by atoms with Crippen molar-refractivity contribution >= 4 is 35.6 Å². The van der Waals surface area contributed by atoms with Crippen LogP contribution in [0.15, 0.2) is 41.5 Å². The SMILES string of the molecule is CCOC(=O)n1nc(-c2ccc(F)cc2)cc1C(=O)NC(C)(C)C(=O)N[C@@]12CC[C@]3(C)[C@H](CC[C@@H]4[C@@]5(C)CC[C@H](OC(=O)[C@H]6C[C@@H](C(=O)O)C6(C)C)C(C)(C)[C@@H]5CC[C@]43C)C1=C(C(C)C)C(=O)C2. The monoisotopic (exact) mass is 941 g/mol. The minimum Gasteiger partial charge on any atom is -0.481 e. The zero-order valence-electron chi connectivity index (χ0n) is 42.2. The Morgan fingerprint density at radius 3 is 2.18 bits per heavy atom. The van der Waals surface area contributed by atoms with Gasteiger partial charge in [0, 0.05) is 17.4 Å². The van der Waals surface area contributed by atoms with E-state index in [2.05, 4.69) is 64.2 Å². The summed E-state index contributed by atoms with van der Waals surface area (Å²) in [7, 11) is 0. The van der Waals surface area contributed by atoms with Gasteiger partial charge >= 0.3 is 18.0 Å². The van der Waals surface area contributed by atoms with Gasteiger partial charge in [-0.1, -0.05) is 62.3 Å². The number of carboxylic acids is 1. The van der Waals surface area contributed by atoms with Crippen LogP contribution < -0.4 is 10.6 Å². The number of aromatic nitrogens is 2. The van der Waals surface area contributed by atoms with Crippen molar-refractivity contribution in [3.8, 4) is 11.3 Å². The Hall–Kier alpha value is -4.88. The minimum absolute atomic E-state index is 0.0325. The number of carbonyl (C=O) groups is 6. The van der Waals surface area contributed by atoms with Crippen LogP contribution in [0.3, 0.4) is 0 Å². The molecule has 0 unspecified atom stereocenters. The van der Waals surface area contributed by atoms with Crippen molar-refractivity contribution in [2.75, 3.05) is 6.61 Å². The standard InChI is InChI=1S/C54H73FN4O9/c1-13-67-47(66)59-36(27-35(58-59)30-14-16-31(55)17-15-30)43(61)56-50(8,9)46(65)57-54-25-24-52(11)32(42(54)41(29(2)3)37(60)28-54)18-19-39-51(10)22-21-40(49(6,7)38(51)20-23-53(39,52)12)68-45(64)34-26-33(44(62)63)48(34,4)5/h14-17,27,29,32-34,38-40H,13,18-26,28H2,1-12H3,(H,56,61)(H,57,65)(H,62,63)/t32-,33+,34-,38+,39-,40+,51+,52-,53-,54-/m1/s1. The second-order valence-corrected chi connectivity index (χ2v) is 24.1. The third-order valence-corrected chi connectivity index (χ3v) is 19.3. The second-order valence-electron chi connectivity index (χ2n) is 24.1. The van der Waals surface area contributed by atoms with E-state index in [1.165, 1.54) is 30.3 Å². The van der Waals surface area contributed by atoms with Gasteiger partial charge in [-0.3, -0.25) is 24.0 Å². The summed E-state index contributed by atoms with van der Waals surface area (Å²) in [4.78, 5) is 81.8. The van der Waals surface area contributed by atoms with Gasteiger partial charge in [0.1, 0.15) is 23.2 Å². The van der Waals surface area contributed by atoms with E-state index in [1.54, 1.807) is 20.8 Å². The lowest BCUT2D eigenvalue weighted by Crippen LogP contribution is -2.68. The summed E-state index contributed by atoms with van der Waals surface area (Å²) in [6.07, 6.45) is 6.10. The minimum atomic E-state index is -1.51. The molecule has 6 aliphatic carbocycles. The van der Waals surface area contributed by atoms with Crippen molar-refractivity contribution in [3.05, 3.63) is 53.0 Å². The molecule has 1 aromatic heterocycles. The number of ketones is 1. The van der Waals surface area contributed by atoms with Gasteiger partial charge in [0.25, 0.3) is 5.91 Å². The Kier molecular flexibility index (Phi) is 12.1. The highest BCUT2D eigenvalue weighted by molar-refractivity contribution is 6.04. The number of hydrogen-bond acceptors (Lipinski definition) is 9. The molecule has 0 spiro atoms. The third-order valence-electron chi connectivity index (χ3n) is 19.3. The zero-order chi connectivity index (χ0) is 49.9. The molecule has 0 radical (unpaired) electrons. The normalized spacial score (nSPS) is 34.6. The lowest BCUT2D eigenvalue weighted by Gasteiger charge is -2.72. The average Bonchev–Trinajstić information content (AvgIpc) is 3.81. The first-order valence-electron chi connectivity index (χ1n) is 25.0. The van der Waals surface area contributed by atoms with Crippen LogP contribution in [0.4, 0.5) is 9.18 Å². The van der Waals surface area contributed by atoms with Gasteiger partial charge in [-0.2, -0.15) is 9.78 Å². The van der Waals surface area contributed by atoms with E-state index < -0.39 is 58.0 Å². The number of ether oxygens (including phenoxy) is 2. The lowest BCUT2D eigenvalue weighted by atomic mass is 9.33. The molecule has 13 nitrogen and oxygen atoms in total. The van der Waals surface area contributed by atoms with E-state index in [-0.39, 0.29) is 75.8 Å². The molecular formula is C54H73FN4O9. The molecular weight excluding hydrogens is 868 g/mol. The van der Waals surface area contributed by atoms with Crippen LogP contribution in [0.5, 0.6) is 0 Å². The summed E-state index contributed by atoms with van der Waals surface area (Å²) >= 11 is 0. The van der Waals surface area contributed by atoms with Gasteiger partial charge in [-0.15, -0.1) is 0 Å². The fourth-order valence-electron chi connectivity index (χ4n) is 15.3. The van der Waals surface area contributed by atoms with Crippen LogP contribution in [0, 0.1) is 68.4 Å². The first-order chi connectivity index (χ1) is 31.6. The van der Waals surface area contributed by atoms with Crippen LogP contribution in [0.25, 0.3) is 11.3 Å². The number of hydrogen-bond donors (Lipinski definition) is 3. The van der Waals surface area contributed by atoms with Gasteiger partial charge in [0.05, 0.1) is 29.7 Å². The maximum absolute atomic E-state index is 14.8. The average molecular weight is 941 g/mol. The summed E-state index contributed by atoms with van der Waals surface area (Å²) < 4.78 is 26.2. The predicted molar refractivity (Wildman–Crippen MR) is 252 cm³/mol. The topological polar surface area (TPSA) is 183 Å². The number of halogens is 1. The molecule has 370 valence electrons. The Bertz CT molecular complexity index is 2470. The van der Waals surface area contributed by atoms with E-state index in [4.69, 9.17) is 9.47 Å². The number of fused-ring (bicyclic) bond motifs is 7. The molecule has 14 heteroatoms. The number of nitrogens with one attached hydrogen (secondary N) is 2. The number of amides is 2. The molecule has 0 bridgehead atoms. The van der Waals surface area contributed by atoms with Gasteiger partial charge < -0.3 is 25.2 Å². The van der Waals surface area contributed by atoms with Crippen molar-refractivity contribution in [1.29, 1.82) is 0 Å². The second kappa shape index (κ2) is 16.6. The number of allylic oxidation sites excluding steroid dienone is 1. The smallest absolute Gasteiger partial charge is 0.435 e. The summed E-state index contributed by atoms with van der Waals surface area (Å²) in [5.74, 6) is -3.09. The van der Waals surface area contributed by atoms with Gasteiger partial charge in [0.2, 0.25) is 5.91 Å². The van der Waals surface area contributed by atoms with Gasteiger partial charge in [-0.05, 0) is 165 Å². The van der Waals surface area contributed by atoms with E-state index in [9.17, 15) is 38.3 Å². The number of Topliss-reactive ketones (excluding diaryl/α,β-unsaturated/α-hetero) is 1. The Morgan fingerprint density at radius 2 is 1.56 bits per heavy atom. The van der Waals surface area contributed by atoms with E-state index in [0.29, 0.717) is 30.2 Å². The molecule has 5 saturated carbocycles. The fraction of sp³-hybridized carbons (Fsp3) is 0.685. The fourth-order valence-corrected chi connectivity index (χ4v) is 15.3. The summed E-state index contributed by atoms with van der Waals surface area (Å²) in [5, 5.41) is 20.3. The van der Waals surface area contributed by atoms with Crippen molar-refractivity contribution in [2.45, 2.75) is 164 Å². The molecule has 1 heterocycles. The predicted octanol–water partition coefficient (Wildman–Crippen LogP) is 9.71. The number of rotatable bonds is 10. The maximum Gasteiger partial charge on any atom is 0.435 e. The Balaban J connectivity index is 1.03. The molecule has 2 aromatic rings. The molecule has 0 saturated heterocycles. The molecule has 0 aliphatic heterocycles. The summed E-state index contributed by atoms with van der Waals surface area (Å²) in [6, 6.07) is 6.89. The highest BCUT2D eigenvalue weighted by atomic mass is 19.1. The number of nitrogens with zero attached hydrogens (tertiary/aromatic N) is 2. The zero-order valence-corrected chi connectivity index (χ0v) is 42.2. The first-order valence-corrected chi connectivity index (χ1v) is 25.0. The van der Waals surface area contributed by atoms with Gasteiger partial charge in [0.15, 0.2) is 5.78 Å². The number of carbonyl (C=O) groups excluding carboxylic acids is 5. The molecule has 3 N–H and O–H groups in total. The molecule has 5 fully saturated rings. The highest BCUT2D eigenvalue weighted by Gasteiger charge is 2.71.